The lowest BCUT2D eigenvalue weighted by molar-refractivity contribution is -0.111. The van der Waals surface area contributed by atoms with Crippen molar-refractivity contribution in [2.75, 3.05) is 23.4 Å². The van der Waals surface area contributed by atoms with Crippen LogP contribution in [0.15, 0.2) is 53.2 Å². The van der Waals surface area contributed by atoms with Crippen LogP contribution in [0.3, 0.4) is 0 Å². The van der Waals surface area contributed by atoms with E-state index in [0.717, 1.165) is 0 Å². The minimum atomic E-state index is -0.374. The van der Waals surface area contributed by atoms with Crippen LogP contribution in [0.25, 0.3) is 6.08 Å². The zero-order valence-electron chi connectivity index (χ0n) is 11.7. The van der Waals surface area contributed by atoms with Gasteiger partial charge >= 0.3 is 6.09 Å². The SMILES string of the molecule is O=C(/C=C/c1ccco1)Nc1cccc(N2CCOC2=O)c1. The third kappa shape index (κ3) is 3.17. The molecule has 0 atom stereocenters. The Labute approximate surface area is 127 Å². The number of benzene rings is 1. The summed E-state index contributed by atoms with van der Waals surface area (Å²) in [4.78, 5) is 24.9. The van der Waals surface area contributed by atoms with Gasteiger partial charge in [-0.15, -0.1) is 0 Å². The van der Waals surface area contributed by atoms with Crippen LogP contribution in [0.1, 0.15) is 5.76 Å². The Hall–Kier alpha value is -3.02. The summed E-state index contributed by atoms with van der Waals surface area (Å²) in [5.41, 5.74) is 1.29. The normalized spacial score (nSPS) is 14.4. The van der Waals surface area contributed by atoms with E-state index >= 15 is 0 Å². The number of rotatable bonds is 4. The number of carbonyl (C=O) groups excluding carboxylic acids is 2. The van der Waals surface area contributed by atoms with Gasteiger partial charge < -0.3 is 14.5 Å². The van der Waals surface area contributed by atoms with Gasteiger partial charge in [0.25, 0.3) is 0 Å². The second-order valence-electron chi connectivity index (χ2n) is 4.65. The molecule has 2 aromatic rings. The average molecular weight is 298 g/mol. The van der Waals surface area contributed by atoms with Crippen molar-refractivity contribution in [1.82, 2.24) is 0 Å². The fraction of sp³-hybridized carbons (Fsp3) is 0.125. The zero-order chi connectivity index (χ0) is 15.4. The predicted octanol–water partition coefficient (Wildman–Crippen LogP) is 2.89. The Morgan fingerprint density at radius 3 is 2.91 bits per heavy atom. The number of furan rings is 1. The minimum absolute atomic E-state index is 0.280. The van der Waals surface area contributed by atoms with Crippen molar-refractivity contribution in [3.8, 4) is 0 Å². The molecular weight excluding hydrogens is 284 g/mol. The highest BCUT2D eigenvalue weighted by molar-refractivity contribution is 6.02. The molecule has 112 valence electrons. The van der Waals surface area contributed by atoms with E-state index in [1.165, 1.54) is 17.2 Å². The highest BCUT2D eigenvalue weighted by atomic mass is 16.6. The summed E-state index contributed by atoms with van der Waals surface area (Å²) < 4.78 is 10.0. The fourth-order valence-electron chi connectivity index (χ4n) is 2.11. The standard InChI is InChI=1S/C16H14N2O4/c19-15(7-6-14-5-2-9-21-14)17-12-3-1-4-13(11-12)18-8-10-22-16(18)20/h1-7,9,11H,8,10H2,(H,17,19)/b7-6+. The van der Waals surface area contributed by atoms with Gasteiger partial charge in [0.2, 0.25) is 5.91 Å². The van der Waals surface area contributed by atoms with E-state index in [0.29, 0.717) is 30.3 Å². The van der Waals surface area contributed by atoms with E-state index in [9.17, 15) is 9.59 Å². The van der Waals surface area contributed by atoms with E-state index in [1.807, 2.05) is 0 Å². The summed E-state index contributed by atoms with van der Waals surface area (Å²) in [6.45, 7) is 0.885. The summed E-state index contributed by atoms with van der Waals surface area (Å²) in [5.74, 6) is 0.321. The monoisotopic (exact) mass is 298 g/mol. The van der Waals surface area contributed by atoms with Crippen LogP contribution in [0.4, 0.5) is 16.2 Å². The first kappa shape index (κ1) is 13.9. The van der Waals surface area contributed by atoms with Crippen molar-refractivity contribution in [3.63, 3.8) is 0 Å². The summed E-state index contributed by atoms with van der Waals surface area (Å²) >= 11 is 0. The van der Waals surface area contributed by atoms with E-state index in [1.54, 1.807) is 42.5 Å². The Bertz CT molecular complexity index is 707. The molecule has 0 saturated carbocycles. The number of cyclic esters (lactones) is 1. The first-order valence-electron chi connectivity index (χ1n) is 6.79. The number of ether oxygens (including phenoxy) is 1. The van der Waals surface area contributed by atoms with E-state index < -0.39 is 0 Å². The number of nitrogens with one attached hydrogen (secondary N) is 1. The molecule has 1 N–H and O–H groups in total. The van der Waals surface area contributed by atoms with Crippen LogP contribution in [0, 0.1) is 0 Å². The molecule has 6 nitrogen and oxygen atoms in total. The Morgan fingerprint density at radius 2 is 2.18 bits per heavy atom. The van der Waals surface area contributed by atoms with Gasteiger partial charge in [-0.3, -0.25) is 9.69 Å². The second-order valence-corrected chi connectivity index (χ2v) is 4.65. The van der Waals surface area contributed by atoms with Gasteiger partial charge in [0.05, 0.1) is 12.8 Å². The quantitative estimate of drug-likeness (QED) is 0.881. The van der Waals surface area contributed by atoms with Crippen LogP contribution < -0.4 is 10.2 Å². The maximum Gasteiger partial charge on any atom is 0.414 e. The van der Waals surface area contributed by atoms with E-state index in [2.05, 4.69) is 5.32 Å². The largest absolute Gasteiger partial charge is 0.465 e. The highest BCUT2D eigenvalue weighted by Crippen LogP contribution is 2.22. The van der Waals surface area contributed by atoms with Crippen LogP contribution in [0.2, 0.25) is 0 Å². The molecule has 6 heteroatoms. The maximum absolute atomic E-state index is 11.9. The topological polar surface area (TPSA) is 71.8 Å². The van der Waals surface area contributed by atoms with Crippen molar-refractivity contribution in [1.29, 1.82) is 0 Å². The molecule has 0 aliphatic carbocycles. The minimum Gasteiger partial charge on any atom is -0.465 e. The number of carbonyl (C=O) groups is 2. The molecule has 1 aromatic carbocycles. The number of hydrogen-bond acceptors (Lipinski definition) is 4. The van der Waals surface area contributed by atoms with Gasteiger partial charge in [0.15, 0.2) is 0 Å². The summed E-state index contributed by atoms with van der Waals surface area (Å²) in [7, 11) is 0. The molecule has 0 unspecified atom stereocenters. The molecule has 3 rings (SSSR count). The first-order chi connectivity index (χ1) is 10.7. The molecule has 22 heavy (non-hydrogen) atoms. The Morgan fingerprint density at radius 1 is 1.27 bits per heavy atom. The van der Waals surface area contributed by atoms with Crippen molar-refractivity contribution >= 4 is 29.5 Å². The molecule has 1 fully saturated rings. The molecular formula is C16H14N2O4. The summed E-state index contributed by atoms with van der Waals surface area (Å²) in [5, 5.41) is 2.74. The number of amides is 2. The van der Waals surface area contributed by atoms with Gasteiger partial charge in [-0.05, 0) is 36.4 Å². The maximum atomic E-state index is 11.9. The number of anilines is 2. The number of nitrogens with zero attached hydrogens (tertiary/aromatic N) is 1. The van der Waals surface area contributed by atoms with E-state index in [4.69, 9.17) is 9.15 Å². The second kappa shape index (κ2) is 6.17. The third-order valence-electron chi connectivity index (χ3n) is 3.13. The van der Waals surface area contributed by atoms with Gasteiger partial charge in [0, 0.05) is 17.5 Å². The Kier molecular flexibility index (Phi) is 3.91. The lowest BCUT2D eigenvalue weighted by Gasteiger charge is -2.13. The Balaban J connectivity index is 1.67. The van der Waals surface area contributed by atoms with E-state index in [-0.39, 0.29) is 12.0 Å². The smallest absolute Gasteiger partial charge is 0.414 e. The molecule has 2 heterocycles. The average Bonchev–Trinajstić information content (AvgIpc) is 3.16. The number of hydrogen-bond donors (Lipinski definition) is 1. The van der Waals surface area contributed by atoms with Crippen LogP contribution >= 0.6 is 0 Å². The van der Waals surface area contributed by atoms with Crippen LogP contribution in [-0.4, -0.2) is 25.2 Å². The highest BCUT2D eigenvalue weighted by Gasteiger charge is 2.23. The third-order valence-corrected chi connectivity index (χ3v) is 3.13. The molecule has 0 bridgehead atoms. The van der Waals surface area contributed by atoms with Gasteiger partial charge in [0.1, 0.15) is 12.4 Å². The van der Waals surface area contributed by atoms with Crippen molar-refractivity contribution in [3.05, 3.63) is 54.5 Å². The zero-order valence-corrected chi connectivity index (χ0v) is 11.7. The molecule has 1 aromatic heterocycles. The summed E-state index contributed by atoms with van der Waals surface area (Å²) in [6.07, 6.45) is 4.13. The van der Waals surface area contributed by atoms with Gasteiger partial charge in [-0.25, -0.2) is 4.79 Å². The molecule has 1 aliphatic heterocycles. The molecule has 0 radical (unpaired) electrons. The van der Waals surface area contributed by atoms with Gasteiger partial charge in [-0.1, -0.05) is 6.07 Å². The van der Waals surface area contributed by atoms with Crippen molar-refractivity contribution in [2.45, 2.75) is 0 Å². The lowest BCUT2D eigenvalue weighted by atomic mass is 10.2. The van der Waals surface area contributed by atoms with Crippen molar-refractivity contribution in [2.24, 2.45) is 0 Å². The van der Waals surface area contributed by atoms with Gasteiger partial charge in [-0.2, -0.15) is 0 Å². The summed E-state index contributed by atoms with van der Waals surface area (Å²) in [6, 6.07) is 10.5. The molecule has 0 spiro atoms. The van der Waals surface area contributed by atoms with Crippen LogP contribution in [0.5, 0.6) is 0 Å². The first-order valence-corrected chi connectivity index (χ1v) is 6.79. The van der Waals surface area contributed by atoms with Crippen LogP contribution in [-0.2, 0) is 9.53 Å². The van der Waals surface area contributed by atoms with Crippen molar-refractivity contribution < 1.29 is 18.7 Å². The molecule has 1 saturated heterocycles. The molecule has 2 amide bonds. The predicted molar refractivity (Wildman–Crippen MR) is 81.5 cm³/mol. The molecule has 1 aliphatic rings. The lowest BCUT2D eigenvalue weighted by Crippen LogP contribution is -2.23. The fourth-order valence-corrected chi connectivity index (χ4v) is 2.11.